The van der Waals surface area contributed by atoms with Gasteiger partial charge < -0.3 is 10.1 Å². The summed E-state index contributed by atoms with van der Waals surface area (Å²) in [6, 6.07) is 5.96. The molecule has 1 aromatic carbocycles. The molecular weight excluding hydrogens is 261 g/mol. The molecule has 1 aromatic heterocycles. The Labute approximate surface area is 116 Å². The van der Waals surface area contributed by atoms with Gasteiger partial charge in [-0.1, -0.05) is 19.4 Å². The number of carbonyl (C=O) groups is 1. The standard InChI is InChI=1S/C14H16FN3O2/c1-3-5-9-8-12(18-17-9)16-14(19)13-10(15)6-4-7-11(13)20-2/h4,6-8H,3,5H2,1-2H3,(H2,16,17,18,19). The van der Waals surface area contributed by atoms with Crippen LogP contribution in [0.2, 0.25) is 0 Å². The van der Waals surface area contributed by atoms with E-state index in [9.17, 15) is 9.18 Å². The molecule has 0 fully saturated rings. The maximum Gasteiger partial charge on any atom is 0.263 e. The Bertz CT molecular complexity index is 610. The molecule has 1 heterocycles. The average Bonchev–Trinajstić information content (AvgIpc) is 2.86. The maximum atomic E-state index is 13.7. The molecule has 5 nitrogen and oxygen atoms in total. The molecule has 0 radical (unpaired) electrons. The van der Waals surface area contributed by atoms with E-state index in [1.165, 1.54) is 25.3 Å². The second-order valence-electron chi connectivity index (χ2n) is 4.30. The SMILES string of the molecule is CCCc1cc(NC(=O)c2c(F)cccc2OC)n[nH]1. The van der Waals surface area contributed by atoms with E-state index < -0.39 is 11.7 Å². The third-order valence-electron chi connectivity index (χ3n) is 2.81. The van der Waals surface area contributed by atoms with Gasteiger partial charge in [-0.2, -0.15) is 5.10 Å². The third-order valence-corrected chi connectivity index (χ3v) is 2.81. The van der Waals surface area contributed by atoms with E-state index in [0.717, 1.165) is 18.5 Å². The van der Waals surface area contributed by atoms with E-state index in [2.05, 4.69) is 15.5 Å². The minimum absolute atomic E-state index is 0.130. The zero-order valence-corrected chi connectivity index (χ0v) is 11.4. The fourth-order valence-electron chi connectivity index (χ4n) is 1.90. The lowest BCUT2D eigenvalue weighted by atomic mass is 10.1. The summed E-state index contributed by atoms with van der Waals surface area (Å²) in [5.74, 6) is -0.670. The van der Waals surface area contributed by atoms with Gasteiger partial charge in [-0.05, 0) is 18.6 Å². The number of aromatic nitrogens is 2. The van der Waals surface area contributed by atoms with Gasteiger partial charge in [-0.15, -0.1) is 0 Å². The first kappa shape index (κ1) is 14.0. The van der Waals surface area contributed by atoms with Crippen LogP contribution in [0.15, 0.2) is 24.3 Å². The van der Waals surface area contributed by atoms with Crippen molar-refractivity contribution in [3.63, 3.8) is 0 Å². The molecule has 0 bridgehead atoms. The van der Waals surface area contributed by atoms with Crippen molar-refractivity contribution in [1.29, 1.82) is 0 Å². The van der Waals surface area contributed by atoms with Crippen LogP contribution in [0.4, 0.5) is 10.2 Å². The van der Waals surface area contributed by atoms with Crippen LogP contribution in [0.5, 0.6) is 5.75 Å². The summed E-state index contributed by atoms with van der Waals surface area (Å²) in [6.07, 6.45) is 1.81. The molecule has 106 valence electrons. The highest BCUT2D eigenvalue weighted by atomic mass is 19.1. The summed E-state index contributed by atoms with van der Waals surface area (Å²) in [4.78, 5) is 12.1. The number of anilines is 1. The number of rotatable bonds is 5. The Morgan fingerprint density at radius 3 is 3.00 bits per heavy atom. The fraction of sp³-hybridized carbons (Fsp3) is 0.286. The first-order valence-electron chi connectivity index (χ1n) is 6.33. The Morgan fingerprint density at radius 2 is 2.30 bits per heavy atom. The molecule has 1 amide bonds. The maximum absolute atomic E-state index is 13.7. The van der Waals surface area contributed by atoms with Crippen LogP contribution in [0.3, 0.4) is 0 Å². The molecule has 0 atom stereocenters. The number of nitrogens with one attached hydrogen (secondary N) is 2. The van der Waals surface area contributed by atoms with Crippen LogP contribution < -0.4 is 10.1 Å². The van der Waals surface area contributed by atoms with Crippen molar-refractivity contribution in [3.05, 3.63) is 41.3 Å². The number of halogens is 1. The largest absolute Gasteiger partial charge is 0.496 e. The molecule has 0 unspecified atom stereocenters. The second-order valence-corrected chi connectivity index (χ2v) is 4.30. The van der Waals surface area contributed by atoms with Crippen LogP contribution in [0.25, 0.3) is 0 Å². The molecule has 0 aliphatic carbocycles. The lowest BCUT2D eigenvalue weighted by molar-refractivity contribution is 0.101. The second kappa shape index (κ2) is 6.18. The highest BCUT2D eigenvalue weighted by molar-refractivity contribution is 6.05. The van der Waals surface area contributed by atoms with E-state index in [-0.39, 0.29) is 11.3 Å². The molecule has 20 heavy (non-hydrogen) atoms. The van der Waals surface area contributed by atoms with E-state index >= 15 is 0 Å². The van der Waals surface area contributed by atoms with Gasteiger partial charge in [0.15, 0.2) is 5.82 Å². The van der Waals surface area contributed by atoms with Crippen LogP contribution >= 0.6 is 0 Å². The normalized spacial score (nSPS) is 10.3. The van der Waals surface area contributed by atoms with Crippen molar-refractivity contribution in [2.24, 2.45) is 0 Å². The molecule has 0 aliphatic rings. The summed E-state index contributed by atoms with van der Waals surface area (Å²) in [7, 11) is 1.39. The molecule has 2 rings (SSSR count). The molecule has 2 N–H and O–H groups in total. The third kappa shape index (κ3) is 2.96. The van der Waals surface area contributed by atoms with Gasteiger partial charge >= 0.3 is 0 Å². The average molecular weight is 277 g/mol. The van der Waals surface area contributed by atoms with Gasteiger partial charge in [-0.25, -0.2) is 4.39 Å². The van der Waals surface area contributed by atoms with E-state index in [1.807, 2.05) is 6.92 Å². The van der Waals surface area contributed by atoms with Crippen LogP contribution in [-0.4, -0.2) is 23.2 Å². The number of ether oxygens (including phenoxy) is 1. The first-order chi connectivity index (χ1) is 9.65. The molecule has 0 aliphatic heterocycles. The number of aromatic amines is 1. The Balaban J connectivity index is 2.19. The van der Waals surface area contributed by atoms with E-state index in [1.54, 1.807) is 6.07 Å². The smallest absolute Gasteiger partial charge is 0.263 e. The molecule has 2 aromatic rings. The predicted octanol–water partition coefficient (Wildman–Crippen LogP) is 2.76. The summed E-state index contributed by atoms with van der Waals surface area (Å²) in [5.41, 5.74) is 0.790. The molecular formula is C14H16FN3O2. The zero-order valence-electron chi connectivity index (χ0n) is 11.4. The van der Waals surface area contributed by atoms with Gasteiger partial charge in [-0.3, -0.25) is 9.89 Å². The van der Waals surface area contributed by atoms with Crippen molar-refractivity contribution in [2.75, 3.05) is 12.4 Å². The van der Waals surface area contributed by atoms with Gasteiger partial charge in [0, 0.05) is 11.8 Å². The van der Waals surface area contributed by atoms with Crippen LogP contribution in [0.1, 0.15) is 29.4 Å². The topological polar surface area (TPSA) is 67.0 Å². The molecule has 0 saturated heterocycles. The van der Waals surface area contributed by atoms with Gasteiger partial charge in [0.2, 0.25) is 0 Å². The fourth-order valence-corrected chi connectivity index (χ4v) is 1.90. The van der Waals surface area contributed by atoms with Gasteiger partial charge in [0.25, 0.3) is 5.91 Å². The number of H-pyrrole nitrogens is 1. The van der Waals surface area contributed by atoms with E-state index in [0.29, 0.717) is 5.82 Å². The first-order valence-corrected chi connectivity index (χ1v) is 6.33. The Morgan fingerprint density at radius 1 is 1.50 bits per heavy atom. The lowest BCUT2D eigenvalue weighted by Gasteiger charge is -2.08. The highest BCUT2D eigenvalue weighted by Crippen LogP contribution is 2.22. The van der Waals surface area contributed by atoms with Crippen LogP contribution in [0, 0.1) is 5.82 Å². The van der Waals surface area contributed by atoms with Crippen molar-refractivity contribution >= 4 is 11.7 Å². The number of amides is 1. The summed E-state index contributed by atoms with van der Waals surface area (Å²) >= 11 is 0. The van der Waals surface area contributed by atoms with Crippen molar-refractivity contribution in [3.8, 4) is 5.75 Å². The van der Waals surface area contributed by atoms with Crippen molar-refractivity contribution in [2.45, 2.75) is 19.8 Å². The van der Waals surface area contributed by atoms with E-state index in [4.69, 9.17) is 4.74 Å². The van der Waals surface area contributed by atoms with Gasteiger partial charge in [0.1, 0.15) is 17.1 Å². The molecule has 6 heteroatoms. The number of hydrogen-bond acceptors (Lipinski definition) is 3. The number of aryl methyl sites for hydroxylation is 1. The summed E-state index contributed by atoms with van der Waals surface area (Å²) in [6.45, 7) is 2.04. The number of carbonyl (C=O) groups excluding carboxylic acids is 1. The lowest BCUT2D eigenvalue weighted by Crippen LogP contribution is -2.15. The van der Waals surface area contributed by atoms with Crippen molar-refractivity contribution < 1.29 is 13.9 Å². The highest BCUT2D eigenvalue weighted by Gasteiger charge is 2.18. The Kier molecular flexibility index (Phi) is 4.34. The number of nitrogens with zero attached hydrogens (tertiary/aromatic N) is 1. The summed E-state index contributed by atoms with van der Waals surface area (Å²) in [5, 5.41) is 9.33. The minimum atomic E-state index is -0.633. The van der Waals surface area contributed by atoms with Crippen molar-refractivity contribution in [1.82, 2.24) is 10.2 Å². The number of hydrogen-bond donors (Lipinski definition) is 2. The zero-order chi connectivity index (χ0) is 14.5. The van der Waals surface area contributed by atoms with Crippen LogP contribution in [-0.2, 0) is 6.42 Å². The Hall–Kier alpha value is -2.37. The number of methoxy groups -OCH3 is 1. The number of benzene rings is 1. The summed E-state index contributed by atoms with van der Waals surface area (Å²) < 4.78 is 18.7. The quantitative estimate of drug-likeness (QED) is 0.883. The van der Waals surface area contributed by atoms with Gasteiger partial charge in [0.05, 0.1) is 7.11 Å². The monoisotopic (exact) mass is 277 g/mol. The minimum Gasteiger partial charge on any atom is -0.496 e. The predicted molar refractivity (Wildman–Crippen MR) is 73.5 cm³/mol. The molecule has 0 spiro atoms. The molecule has 0 saturated carbocycles.